The molecule has 0 amide bonds. The van der Waals surface area contributed by atoms with Crippen LogP contribution < -0.4 is 4.74 Å². The molecule has 0 bridgehead atoms. The van der Waals surface area contributed by atoms with Crippen LogP contribution in [0.15, 0.2) is 54.6 Å². The van der Waals surface area contributed by atoms with Crippen molar-refractivity contribution in [3.63, 3.8) is 0 Å². The van der Waals surface area contributed by atoms with Crippen LogP contribution in [-0.4, -0.2) is 5.97 Å². The first-order chi connectivity index (χ1) is 16.7. The molecule has 0 aromatic heterocycles. The molecule has 0 aliphatic heterocycles. The van der Waals surface area contributed by atoms with E-state index in [2.05, 4.69) is 32.0 Å². The van der Waals surface area contributed by atoms with E-state index in [1.165, 1.54) is 77.0 Å². The van der Waals surface area contributed by atoms with E-state index in [1.807, 2.05) is 36.4 Å². The summed E-state index contributed by atoms with van der Waals surface area (Å²) in [6.45, 7) is 4.52. The monoisotopic (exact) mass is 464 g/mol. The maximum absolute atomic E-state index is 13.1. The Bertz CT molecular complexity index is 768. The van der Waals surface area contributed by atoms with Gasteiger partial charge in [0.1, 0.15) is 5.75 Å². The van der Waals surface area contributed by atoms with Gasteiger partial charge in [-0.2, -0.15) is 0 Å². The minimum Gasteiger partial charge on any atom is -0.426 e. The van der Waals surface area contributed by atoms with Gasteiger partial charge in [0.2, 0.25) is 0 Å². The summed E-state index contributed by atoms with van der Waals surface area (Å²) in [5.74, 6) is 0.642. The van der Waals surface area contributed by atoms with Crippen molar-refractivity contribution in [1.29, 1.82) is 0 Å². The van der Waals surface area contributed by atoms with Crippen LogP contribution in [0.4, 0.5) is 0 Å². The quantitative estimate of drug-likeness (QED) is 0.117. The molecule has 1 atom stereocenters. The summed E-state index contributed by atoms with van der Waals surface area (Å²) < 4.78 is 5.92. The van der Waals surface area contributed by atoms with Crippen LogP contribution in [0.25, 0.3) is 11.1 Å². The van der Waals surface area contributed by atoms with Gasteiger partial charge >= 0.3 is 5.97 Å². The molecule has 2 aromatic carbocycles. The van der Waals surface area contributed by atoms with Crippen molar-refractivity contribution in [2.75, 3.05) is 0 Å². The SMILES string of the molecule is CCCCCCCCCCC(CCCCCCCC)C(=O)Oc1cccc(-c2ccccc2)c1. The molecule has 2 nitrogen and oxygen atoms in total. The van der Waals surface area contributed by atoms with Gasteiger partial charge in [0.15, 0.2) is 0 Å². The largest absolute Gasteiger partial charge is 0.426 e. The Kier molecular flexibility index (Phi) is 15.1. The molecule has 34 heavy (non-hydrogen) atoms. The first-order valence-corrected chi connectivity index (χ1v) is 14.1. The molecule has 2 rings (SSSR count). The van der Waals surface area contributed by atoms with Crippen LogP contribution in [0, 0.1) is 5.92 Å². The molecule has 0 saturated heterocycles. The van der Waals surface area contributed by atoms with Gasteiger partial charge in [-0.15, -0.1) is 0 Å². The Morgan fingerprint density at radius 3 is 1.68 bits per heavy atom. The minimum absolute atomic E-state index is 0.0200. The summed E-state index contributed by atoms with van der Waals surface area (Å²) in [4.78, 5) is 13.1. The van der Waals surface area contributed by atoms with Gasteiger partial charge in [-0.1, -0.05) is 146 Å². The van der Waals surface area contributed by atoms with E-state index in [0.717, 1.165) is 36.8 Å². The van der Waals surface area contributed by atoms with Crippen molar-refractivity contribution in [1.82, 2.24) is 0 Å². The third kappa shape index (κ3) is 11.9. The van der Waals surface area contributed by atoms with Crippen molar-refractivity contribution in [3.8, 4) is 16.9 Å². The number of benzene rings is 2. The molecule has 0 heterocycles. The normalized spacial score (nSPS) is 11.9. The summed E-state index contributed by atoms with van der Waals surface area (Å²) in [6.07, 6.45) is 19.8. The van der Waals surface area contributed by atoms with E-state index in [4.69, 9.17) is 4.74 Å². The number of hydrogen-bond donors (Lipinski definition) is 0. The second-order valence-corrected chi connectivity index (χ2v) is 9.83. The zero-order valence-corrected chi connectivity index (χ0v) is 21.9. The van der Waals surface area contributed by atoms with E-state index in [9.17, 15) is 4.79 Å². The summed E-state index contributed by atoms with van der Waals surface area (Å²) in [7, 11) is 0. The first kappa shape index (κ1) is 28.1. The van der Waals surface area contributed by atoms with Crippen LogP contribution in [0.5, 0.6) is 5.75 Å². The molecule has 0 fully saturated rings. The van der Waals surface area contributed by atoms with Gasteiger partial charge in [-0.25, -0.2) is 0 Å². The highest BCUT2D eigenvalue weighted by Crippen LogP contribution is 2.26. The molecule has 0 aliphatic rings. The van der Waals surface area contributed by atoms with Crippen molar-refractivity contribution in [2.24, 2.45) is 5.92 Å². The maximum Gasteiger partial charge on any atom is 0.314 e. The Hall–Kier alpha value is -2.09. The van der Waals surface area contributed by atoms with Crippen LogP contribution in [0.1, 0.15) is 117 Å². The van der Waals surface area contributed by atoms with Gasteiger partial charge in [-0.3, -0.25) is 4.79 Å². The van der Waals surface area contributed by atoms with Gasteiger partial charge in [0, 0.05) is 0 Å². The number of hydrogen-bond acceptors (Lipinski definition) is 2. The predicted octanol–water partition coefficient (Wildman–Crippen LogP) is 10.2. The third-order valence-electron chi connectivity index (χ3n) is 6.81. The smallest absolute Gasteiger partial charge is 0.314 e. The van der Waals surface area contributed by atoms with Crippen molar-refractivity contribution in [3.05, 3.63) is 54.6 Å². The molecular weight excluding hydrogens is 416 g/mol. The van der Waals surface area contributed by atoms with Crippen LogP contribution in [-0.2, 0) is 4.79 Å². The van der Waals surface area contributed by atoms with Crippen LogP contribution >= 0.6 is 0 Å². The van der Waals surface area contributed by atoms with E-state index in [0.29, 0.717) is 5.75 Å². The molecular formula is C32H48O2. The maximum atomic E-state index is 13.1. The Morgan fingerprint density at radius 1 is 0.618 bits per heavy atom. The second-order valence-electron chi connectivity index (χ2n) is 9.83. The molecule has 2 aromatic rings. The van der Waals surface area contributed by atoms with Gasteiger partial charge in [0.25, 0.3) is 0 Å². The Morgan fingerprint density at radius 2 is 1.12 bits per heavy atom. The van der Waals surface area contributed by atoms with E-state index in [-0.39, 0.29) is 11.9 Å². The van der Waals surface area contributed by atoms with Gasteiger partial charge < -0.3 is 4.74 Å². The van der Waals surface area contributed by atoms with Crippen molar-refractivity contribution < 1.29 is 9.53 Å². The molecule has 0 aliphatic carbocycles. The lowest BCUT2D eigenvalue weighted by atomic mass is 9.94. The molecule has 0 radical (unpaired) electrons. The lowest BCUT2D eigenvalue weighted by molar-refractivity contribution is -0.139. The highest BCUT2D eigenvalue weighted by Gasteiger charge is 2.20. The fourth-order valence-corrected chi connectivity index (χ4v) is 4.64. The summed E-state index contributed by atoms with van der Waals surface area (Å²) >= 11 is 0. The minimum atomic E-state index is -0.0401. The second kappa shape index (κ2) is 18.3. The highest BCUT2D eigenvalue weighted by atomic mass is 16.5. The lowest BCUT2D eigenvalue weighted by Crippen LogP contribution is -2.21. The standard InChI is InChI=1S/C32H48O2/c1-3-5-7-9-11-12-14-17-24-29(23-16-13-10-8-6-4-2)32(33)34-31-26-20-25-30(27-31)28-21-18-15-19-22-28/h15,18-22,25-27,29H,3-14,16-17,23-24H2,1-2H3. The molecule has 188 valence electrons. The van der Waals surface area contributed by atoms with E-state index in [1.54, 1.807) is 0 Å². The summed E-state index contributed by atoms with van der Waals surface area (Å²) in [5.41, 5.74) is 2.23. The van der Waals surface area contributed by atoms with Gasteiger partial charge in [-0.05, 0) is 36.1 Å². The van der Waals surface area contributed by atoms with E-state index < -0.39 is 0 Å². The zero-order valence-electron chi connectivity index (χ0n) is 21.9. The number of rotatable bonds is 19. The van der Waals surface area contributed by atoms with Crippen LogP contribution in [0.2, 0.25) is 0 Å². The third-order valence-corrected chi connectivity index (χ3v) is 6.81. The topological polar surface area (TPSA) is 26.3 Å². The molecule has 0 saturated carbocycles. The number of carbonyl (C=O) groups excluding carboxylic acids is 1. The highest BCUT2D eigenvalue weighted by molar-refractivity contribution is 5.76. The Balaban J connectivity index is 1.86. The predicted molar refractivity (Wildman–Crippen MR) is 146 cm³/mol. The average Bonchev–Trinajstić information content (AvgIpc) is 2.87. The lowest BCUT2D eigenvalue weighted by Gasteiger charge is -2.16. The average molecular weight is 465 g/mol. The fourth-order valence-electron chi connectivity index (χ4n) is 4.64. The Labute approximate surface area is 209 Å². The summed E-state index contributed by atoms with van der Waals surface area (Å²) in [5, 5.41) is 0. The van der Waals surface area contributed by atoms with Gasteiger partial charge in [0.05, 0.1) is 5.92 Å². The number of carbonyl (C=O) groups is 1. The first-order valence-electron chi connectivity index (χ1n) is 14.1. The zero-order chi connectivity index (χ0) is 24.3. The van der Waals surface area contributed by atoms with Crippen LogP contribution in [0.3, 0.4) is 0 Å². The molecule has 1 unspecified atom stereocenters. The molecule has 0 spiro atoms. The van der Waals surface area contributed by atoms with Crippen molar-refractivity contribution in [2.45, 2.75) is 117 Å². The number of unbranched alkanes of at least 4 members (excludes halogenated alkanes) is 12. The van der Waals surface area contributed by atoms with Crippen molar-refractivity contribution >= 4 is 5.97 Å². The fraction of sp³-hybridized carbons (Fsp3) is 0.594. The molecule has 0 N–H and O–H groups in total. The van der Waals surface area contributed by atoms with E-state index >= 15 is 0 Å². The summed E-state index contributed by atoms with van der Waals surface area (Å²) in [6, 6.07) is 18.2. The number of esters is 1. The molecule has 2 heteroatoms. The number of ether oxygens (including phenoxy) is 1.